The third-order valence-corrected chi connectivity index (χ3v) is 4.46. The molecule has 2 atom stereocenters. The molecule has 0 aromatic carbocycles. The van der Waals surface area contributed by atoms with E-state index in [0.29, 0.717) is 29.6 Å². The maximum atomic E-state index is 12.0. The number of halogens is 1. The third-order valence-electron chi connectivity index (χ3n) is 3.69. The van der Waals surface area contributed by atoms with Crippen LogP contribution in [0.4, 0.5) is 0 Å². The van der Waals surface area contributed by atoms with Gasteiger partial charge in [-0.25, -0.2) is 4.99 Å². The van der Waals surface area contributed by atoms with Gasteiger partial charge in [0, 0.05) is 27.1 Å². The first-order valence-electron chi connectivity index (χ1n) is 6.64. The molecule has 0 heterocycles. The molecule has 0 aromatic heterocycles. The van der Waals surface area contributed by atoms with Gasteiger partial charge in [0.25, 0.3) is 5.91 Å². The van der Waals surface area contributed by atoms with Gasteiger partial charge in [-0.3, -0.25) is 9.59 Å². The van der Waals surface area contributed by atoms with Crippen molar-refractivity contribution in [3.8, 4) is 0 Å². The maximum absolute atomic E-state index is 12.0. The molecule has 112 valence electrons. The van der Waals surface area contributed by atoms with Gasteiger partial charge in [-0.2, -0.15) is 0 Å². The van der Waals surface area contributed by atoms with Gasteiger partial charge in [0.15, 0.2) is 0 Å². The van der Waals surface area contributed by atoms with Crippen LogP contribution in [0, 0.1) is 11.8 Å². The topological polar surface area (TPSA) is 53.0 Å². The fraction of sp³-hybridized carbons (Fsp3) is 0.643. The van der Waals surface area contributed by atoms with Crippen LogP contribution in [0.3, 0.4) is 0 Å². The fourth-order valence-electron chi connectivity index (χ4n) is 2.11. The first kappa shape index (κ1) is 16.9. The van der Waals surface area contributed by atoms with Gasteiger partial charge < -0.3 is 9.80 Å². The number of carbonyl (C=O) groups excluding carboxylic acids is 2. The molecule has 0 saturated heterocycles. The summed E-state index contributed by atoms with van der Waals surface area (Å²) in [5, 5.41) is 0. The number of carbonyl (C=O) groups is 2. The second-order valence-electron chi connectivity index (χ2n) is 5.46. The van der Waals surface area contributed by atoms with Gasteiger partial charge in [0.2, 0.25) is 6.41 Å². The fourth-order valence-corrected chi connectivity index (χ4v) is 2.96. The van der Waals surface area contributed by atoms with E-state index in [9.17, 15) is 9.59 Å². The Bertz CT molecular complexity index is 457. The van der Waals surface area contributed by atoms with Gasteiger partial charge in [-0.1, -0.05) is 6.92 Å². The lowest BCUT2D eigenvalue weighted by Crippen LogP contribution is -2.30. The van der Waals surface area contributed by atoms with Gasteiger partial charge in [-0.15, -0.1) is 0 Å². The highest BCUT2D eigenvalue weighted by Gasteiger charge is 2.30. The summed E-state index contributed by atoms with van der Waals surface area (Å²) in [6.45, 7) is 3.86. The Morgan fingerprint density at radius 2 is 1.90 bits per heavy atom. The first-order valence-corrected chi connectivity index (χ1v) is 7.43. The largest absolute Gasteiger partial charge is 0.345 e. The molecule has 20 heavy (non-hydrogen) atoms. The molecule has 0 aliphatic heterocycles. The Kier molecular flexibility index (Phi) is 5.92. The minimum absolute atomic E-state index is 0.153. The van der Waals surface area contributed by atoms with E-state index in [2.05, 4.69) is 27.8 Å². The summed E-state index contributed by atoms with van der Waals surface area (Å²) in [6.07, 6.45) is 2.94. The zero-order valence-corrected chi connectivity index (χ0v) is 14.3. The average molecular weight is 344 g/mol. The SMILES string of the molecule is C/C(C(=O)N(C)C)=C(\N=C(\Br)C1CCC1C)N(C)C=O. The molecule has 0 bridgehead atoms. The van der Waals surface area contributed by atoms with E-state index < -0.39 is 0 Å². The predicted molar refractivity (Wildman–Crippen MR) is 83.5 cm³/mol. The van der Waals surface area contributed by atoms with Gasteiger partial charge >= 0.3 is 0 Å². The minimum atomic E-state index is -0.153. The Morgan fingerprint density at radius 1 is 1.30 bits per heavy atom. The molecule has 2 amide bonds. The molecule has 1 aliphatic rings. The molecule has 1 saturated carbocycles. The second-order valence-corrected chi connectivity index (χ2v) is 6.27. The van der Waals surface area contributed by atoms with Crippen LogP contribution in [-0.2, 0) is 9.59 Å². The zero-order chi connectivity index (χ0) is 15.4. The van der Waals surface area contributed by atoms with Crippen LogP contribution in [0.15, 0.2) is 16.4 Å². The highest BCUT2D eigenvalue weighted by atomic mass is 79.9. The Hall–Kier alpha value is -1.17. The smallest absolute Gasteiger partial charge is 0.252 e. The summed E-state index contributed by atoms with van der Waals surface area (Å²) in [4.78, 5) is 30.4. The molecule has 0 N–H and O–H groups in total. The van der Waals surface area contributed by atoms with E-state index in [4.69, 9.17) is 0 Å². The van der Waals surface area contributed by atoms with E-state index in [1.54, 1.807) is 28.1 Å². The van der Waals surface area contributed by atoms with Crippen molar-refractivity contribution in [3.63, 3.8) is 0 Å². The zero-order valence-electron chi connectivity index (χ0n) is 12.7. The number of hydrogen-bond acceptors (Lipinski definition) is 3. The van der Waals surface area contributed by atoms with Crippen LogP contribution in [0.2, 0.25) is 0 Å². The number of likely N-dealkylation sites (N-methyl/N-ethyl adjacent to an activating group) is 1. The van der Waals surface area contributed by atoms with E-state index in [1.165, 1.54) is 16.2 Å². The Labute approximate surface area is 128 Å². The third kappa shape index (κ3) is 3.69. The normalized spacial score (nSPS) is 23.6. The Morgan fingerprint density at radius 3 is 2.25 bits per heavy atom. The van der Waals surface area contributed by atoms with Gasteiger partial charge in [-0.05, 0) is 41.6 Å². The first-order chi connectivity index (χ1) is 9.29. The molecule has 1 fully saturated rings. The van der Waals surface area contributed by atoms with Crippen molar-refractivity contribution in [2.75, 3.05) is 21.1 Å². The number of hydrogen-bond donors (Lipinski definition) is 0. The summed E-state index contributed by atoms with van der Waals surface area (Å²) < 4.78 is 0.811. The van der Waals surface area contributed by atoms with Crippen molar-refractivity contribution in [1.29, 1.82) is 0 Å². The Balaban J connectivity index is 3.13. The van der Waals surface area contributed by atoms with E-state index in [0.717, 1.165) is 11.0 Å². The predicted octanol–water partition coefficient (Wildman–Crippen LogP) is 2.23. The highest BCUT2D eigenvalue weighted by Crippen LogP contribution is 2.37. The molecule has 0 radical (unpaired) electrons. The summed E-state index contributed by atoms with van der Waals surface area (Å²) in [6, 6.07) is 0. The summed E-state index contributed by atoms with van der Waals surface area (Å²) >= 11 is 3.50. The number of nitrogens with zero attached hydrogens (tertiary/aromatic N) is 3. The average Bonchev–Trinajstić information content (AvgIpc) is 2.40. The van der Waals surface area contributed by atoms with Crippen LogP contribution in [0.25, 0.3) is 0 Å². The minimum Gasteiger partial charge on any atom is -0.345 e. The van der Waals surface area contributed by atoms with Crippen LogP contribution in [0.1, 0.15) is 26.7 Å². The molecule has 2 unspecified atom stereocenters. The van der Waals surface area contributed by atoms with E-state index >= 15 is 0 Å². The van der Waals surface area contributed by atoms with Crippen molar-refractivity contribution in [3.05, 3.63) is 11.4 Å². The maximum Gasteiger partial charge on any atom is 0.252 e. The molecule has 6 heteroatoms. The van der Waals surface area contributed by atoms with Crippen molar-refractivity contribution in [1.82, 2.24) is 9.80 Å². The van der Waals surface area contributed by atoms with Gasteiger partial charge in [0.05, 0.1) is 10.2 Å². The number of amides is 2. The van der Waals surface area contributed by atoms with Crippen molar-refractivity contribution in [2.24, 2.45) is 16.8 Å². The molecular weight excluding hydrogens is 322 g/mol. The molecular formula is C14H22BrN3O2. The van der Waals surface area contributed by atoms with Crippen LogP contribution >= 0.6 is 15.9 Å². The lowest BCUT2D eigenvalue weighted by molar-refractivity contribution is -0.124. The van der Waals surface area contributed by atoms with Crippen LogP contribution in [-0.4, -0.2) is 47.9 Å². The summed E-state index contributed by atoms with van der Waals surface area (Å²) in [7, 11) is 4.96. The van der Waals surface area contributed by atoms with E-state index in [1.807, 2.05) is 0 Å². The molecule has 5 nitrogen and oxygen atoms in total. The standard InChI is InChI=1S/C14H22BrN3O2/c1-9-6-7-11(9)12(15)16-13(18(5)8-19)10(2)14(20)17(3)4/h8-9,11H,6-7H2,1-5H3/b13-10-,16-12+. The van der Waals surface area contributed by atoms with Crippen LogP contribution < -0.4 is 0 Å². The van der Waals surface area contributed by atoms with E-state index in [-0.39, 0.29) is 5.91 Å². The van der Waals surface area contributed by atoms with Crippen molar-refractivity contribution >= 4 is 32.9 Å². The molecule has 1 rings (SSSR count). The van der Waals surface area contributed by atoms with Crippen LogP contribution in [0.5, 0.6) is 0 Å². The van der Waals surface area contributed by atoms with Gasteiger partial charge in [0.1, 0.15) is 5.82 Å². The van der Waals surface area contributed by atoms with Crippen molar-refractivity contribution in [2.45, 2.75) is 26.7 Å². The quantitative estimate of drug-likeness (QED) is 0.436. The monoisotopic (exact) mass is 343 g/mol. The lowest BCUT2D eigenvalue weighted by atomic mass is 9.76. The summed E-state index contributed by atoms with van der Waals surface area (Å²) in [5.41, 5.74) is 0.452. The lowest BCUT2D eigenvalue weighted by Gasteiger charge is -2.33. The number of rotatable bonds is 5. The number of aliphatic imine (C=N–C) groups is 1. The second kappa shape index (κ2) is 7.02. The summed E-state index contributed by atoms with van der Waals surface area (Å²) in [5.74, 6) is 1.21. The molecule has 1 aliphatic carbocycles. The highest BCUT2D eigenvalue weighted by molar-refractivity contribution is 9.18. The molecule has 0 spiro atoms. The molecule has 0 aromatic rings. The van der Waals surface area contributed by atoms with Crippen molar-refractivity contribution < 1.29 is 9.59 Å².